The van der Waals surface area contributed by atoms with Gasteiger partial charge in [-0.1, -0.05) is 39.8 Å². The summed E-state index contributed by atoms with van der Waals surface area (Å²) in [7, 11) is 0. The van der Waals surface area contributed by atoms with Gasteiger partial charge in [-0.3, -0.25) is 14.5 Å². The van der Waals surface area contributed by atoms with Gasteiger partial charge in [-0.05, 0) is 42.4 Å². The smallest absolute Gasteiger partial charge is 0.307 e. The number of carboxylic acids is 1. The van der Waals surface area contributed by atoms with E-state index < -0.39 is 11.9 Å². The van der Waals surface area contributed by atoms with Gasteiger partial charge in [-0.25, -0.2) is 0 Å². The van der Waals surface area contributed by atoms with Crippen LogP contribution in [0.3, 0.4) is 0 Å². The predicted octanol–water partition coefficient (Wildman–Crippen LogP) is 3.35. The highest BCUT2D eigenvalue weighted by molar-refractivity contribution is 5.94. The van der Waals surface area contributed by atoms with Crippen LogP contribution in [0.5, 0.6) is 0 Å². The summed E-state index contributed by atoms with van der Waals surface area (Å²) < 4.78 is 0. The number of hydrogen-bond acceptors (Lipinski definition) is 3. The molecule has 25 heavy (non-hydrogen) atoms. The molecular formula is C20H30N2O3. The van der Waals surface area contributed by atoms with Crippen molar-refractivity contribution in [1.82, 2.24) is 4.90 Å². The number of benzene rings is 1. The van der Waals surface area contributed by atoms with Crippen LogP contribution < -0.4 is 5.32 Å². The molecule has 2 rings (SSSR count). The lowest BCUT2D eigenvalue weighted by molar-refractivity contribution is -0.145. The molecule has 2 N–H and O–H groups in total. The summed E-state index contributed by atoms with van der Waals surface area (Å²) in [5.74, 6) is -0.995. The third kappa shape index (κ3) is 5.05. The van der Waals surface area contributed by atoms with Gasteiger partial charge in [-0.15, -0.1) is 0 Å². The van der Waals surface area contributed by atoms with E-state index in [-0.39, 0.29) is 23.3 Å². The molecule has 1 amide bonds. The van der Waals surface area contributed by atoms with E-state index in [1.165, 1.54) is 5.56 Å². The van der Waals surface area contributed by atoms with Crippen LogP contribution in [0.15, 0.2) is 24.3 Å². The van der Waals surface area contributed by atoms with Crippen LogP contribution in [-0.2, 0) is 15.0 Å². The molecule has 1 heterocycles. The van der Waals surface area contributed by atoms with Crippen molar-refractivity contribution in [3.63, 3.8) is 0 Å². The summed E-state index contributed by atoms with van der Waals surface area (Å²) in [4.78, 5) is 25.9. The van der Waals surface area contributed by atoms with E-state index in [0.29, 0.717) is 13.0 Å². The lowest BCUT2D eigenvalue weighted by atomic mass is 9.87. The number of nitrogens with one attached hydrogen (secondary N) is 1. The van der Waals surface area contributed by atoms with Crippen molar-refractivity contribution in [2.45, 2.75) is 52.5 Å². The Labute approximate surface area is 150 Å². The number of aliphatic carboxylic acids is 1. The zero-order valence-corrected chi connectivity index (χ0v) is 15.9. The van der Waals surface area contributed by atoms with Crippen LogP contribution in [-0.4, -0.2) is 41.0 Å². The standard InChI is InChI=1S/C20H30N2O3/c1-13-10-15(19(24)25)12-22(11-13)14(2)18(23)21-17-8-6-16(7-9-17)20(3,4)5/h6-9,13-15H,10-12H2,1-5H3,(H,21,23)(H,24,25). The van der Waals surface area contributed by atoms with Crippen molar-refractivity contribution in [3.8, 4) is 0 Å². The topological polar surface area (TPSA) is 69.6 Å². The molecule has 0 aromatic heterocycles. The molecule has 3 unspecified atom stereocenters. The molecule has 1 fully saturated rings. The van der Waals surface area contributed by atoms with Crippen LogP contribution in [0.4, 0.5) is 5.69 Å². The Hall–Kier alpha value is -1.88. The number of carboxylic acid groups (broad SMARTS) is 1. The zero-order chi connectivity index (χ0) is 18.8. The number of rotatable bonds is 4. The Kier molecular flexibility index (Phi) is 5.88. The molecule has 1 aliphatic rings. The van der Waals surface area contributed by atoms with Gasteiger partial charge in [0.15, 0.2) is 0 Å². The molecule has 5 heteroatoms. The molecule has 1 saturated heterocycles. The van der Waals surface area contributed by atoms with Crippen molar-refractivity contribution in [2.24, 2.45) is 11.8 Å². The molecule has 0 aliphatic carbocycles. The molecular weight excluding hydrogens is 316 g/mol. The molecule has 3 atom stereocenters. The number of amides is 1. The number of nitrogens with zero attached hydrogens (tertiary/aromatic N) is 1. The third-order valence-electron chi connectivity index (χ3n) is 4.98. The van der Waals surface area contributed by atoms with Crippen LogP contribution >= 0.6 is 0 Å². The Morgan fingerprint density at radius 3 is 2.32 bits per heavy atom. The molecule has 0 spiro atoms. The second kappa shape index (κ2) is 7.56. The first kappa shape index (κ1) is 19.4. The summed E-state index contributed by atoms with van der Waals surface area (Å²) in [6, 6.07) is 7.55. The zero-order valence-electron chi connectivity index (χ0n) is 15.9. The summed E-state index contributed by atoms with van der Waals surface area (Å²) >= 11 is 0. The Morgan fingerprint density at radius 1 is 1.20 bits per heavy atom. The lowest BCUT2D eigenvalue weighted by Gasteiger charge is -2.37. The molecule has 138 valence electrons. The maximum absolute atomic E-state index is 12.6. The van der Waals surface area contributed by atoms with Crippen LogP contribution in [0, 0.1) is 11.8 Å². The number of carbonyl (C=O) groups excluding carboxylic acids is 1. The SMILES string of the molecule is CC1CC(C(=O)O)CN(C(C)C(=O)Nc2ccc(C(C)(C)C)cc2)C1. The summed E-state index contributed by atoms with van der Waals surface area (Å²) in [5.41, 5.74) is 2.06. The first-order valence-corrected chi connectivity index (χ1v) is 8.96. The van der Waals surface area contributed by atoms with Crippen LogP contribution in [0.2, 0.25) is 0 Å². The number of piperidine rings is 1. The highest BCUT2D eigenvalue weighted by Crippen LogP contribution is 2.25. The van der Waals surface area contributed by atoms with Crippen LogP contribution in [0.1, 0.15) is 46.6 Å². The van der Waals surface area contributed by atoms with Crippen molar-refractivity contribution < 1.29 is 14.7 Å². The predicted molar refractivity (Wildman–Crippen MR) is 99.7 cm³/mol. The maximum atomic E-state index is 12.6. The molecule has 5 nitrogen and oxygen atoms in total. The number of anilines is 1. The molecule has 1 aromatic rings. The van der Waals surface area contributed by atoms with E-state index in [2.05, 4.69) is 26.1 Å². The van der Waals surface area contributed by atoms with Gasteiger partial charge in [0.05, 0.1) is 12.0 Å². The van der Waals surface area contributed by atoms with Gasteiger partial charge < -0.3 is 10.4 Å². The van der Waals surface area contributed by atoms with E-state index >= 15 is 0 Å². The highest BCUT2D eigenvalue weighted by atomic mass is 16.4. The fourth-order valence-electron chi connectivity index (χ4n) is 3.35. The number of carbonyl (C=O) groups is 2. The van der Waals surface area contributed by atoms with Gasteiger partial charge in [0, 0.05) is 18.8 Å². The normalized spacial score (nSPS) is 23.1. The van der Waals surface area contributed by atoms with E-state index in [9.17, 15) is 14.7 Å². The van der Waals surface area contributed by atoms with E-state index in [1.54, 1.807) is 0 Å². The van der Waals surface area contributed by atoms with Gasteiger partial charge in [0.25, 0.3) is 0 Å². The van der Waals surface area contributed by atoms with Gasteiger partial charge >= 0.3 is 5.97 Å². The van der Waals surface area contributed by atoms with E-state index in [1.807, 2.05) is 43.0 Å². The monoisotopic (exact) mass is 346 g/mol. The fraction of sp³-hybridized carbons (Fsp3) is 0.600. The van der Waals surface area contributed by atoms with Gasteiger partial charge in [0.1, 0.15) is 0 Å². The first-order chi connectivity index (χ1) is 11.6. The minimum absolute atomic E-state index is 0.0750. The van der Waals surface area contributed by atoms with E-state index in [0.717, 1.165) is 12.2 Å². The molecule has 1 aliphatic heterocycles. The second-order valence-electron chi connectivity index (χ2n) is 8.32. The Morgan fingerprint density at radius 2 is 1.80 bits per heavy atom. The first-order valence-electron chi connectivity index (χ1n) is 8.96. The highest BCUT2D eigenvalue weighted by Gasteiger charge is 2.33. The molecule has 0 saturated carbocycles. The summed E-state index contributed by atoms with van der Waals surface area (Å²) in [6.07, 6.45) is 0.675. The number of hydrogen-bond donors (Lipinski definition) is 2. The van der Waals surface area contributed by atoms with Crippen molar-refractivity contribution in [3.05, 3.63) is 29.8 Å². The van der Waals surface area contributed by atoms with Crippen molar-refractivity contribution >= 4 is 17.6 Å². The minimum Gasteiger partial charge on any atom is -0.481 e. The van der Waals surface area contributed by atoms with Crippen LogP contribution in [0.25, 0.3) is 0 Å². The average molecular weight is 346 g/mol. The molecule has 1 aromatic carbocycles. The van der Waals surface area contributed by atoms with Gasteiger partial charge in [0.2, 0.25) is 5.91 Å². The van der Waals surface area contributed by atoms with Gasteiger partial charge in [-0.2, -0.15) is 0 Å². The second-order valence-corrected chi connectivity index (χ2v) is 8.32. The summed E-state index contributed by atoms with van der Waals surface area (Å²) in [5, 5.41) is 12.2. The summed E-state index contributed by atoms with van der Waals surface area (Å²) in [6.45, 7) is 11.5. The Balaban J connectivity index is 2.01. The fourth-order valence-corrected chi connectivity index (χ4v) is 3.35. The van der Waals surface area contributed by atoms with Crippen molar-refractivity contribution in [2.75, 3.05) is 18.4 Å². The maximum Gasteiger partial charge on any atom is 0.307 e. The Bertz CT molecular complexity index is 619. The number of likely N-dealkylation sites (tertiary alicyclic amines) is 1. The molecule has 0 radical (unpaired) electrons. The van der Waals surface area contributed by atoms with Crippen molar-refractivity contribution in [1.29, 1.82) is 0 Å². The third-order valence-corrected chi connectivity index (χ3v) is 4.98. The largest absolute Gasteiger partial charge is 0.481 e. The lowest BCUT2D eigenvalue weighted by Crippen LogP contribution is -2.50. The molecule has 0 bridgehead atoms. The van der Waals surface area contributed by atoms with E-state index in [4.69, 9.17) is 0 Å². The average Bonchev–Trinajstić information content (AvgIpc) is 2.53. The quantitative estimate of drug-likeness (QED) is 0.877. The minimum atomic E-state index is -0.776.